The molecule has 0 bridgehead atoms. The summed E-state index contributed by atoms with van der Waals surface area (Å²) >= 11 is 5.32. The van der Waals surface area contributed by atoms with Crippen molar-refractivity contribution in [3.8, 4) is 0 Å². The van der Waals surface area contributed by atoms with Crippen molar-refractivity contribution in [3.05, 3.63) is 89.2 Å². The van der Waals surface area contributed by atoms with Gasteiger partial charge in [0.25, 0.3) is 0 Å². The number of aromatic nitrogens is 1. The van der Waals surface area contributed by atoms with E-state index >= 15 is 0 Å². The highest BCUT2D eigenvalue weighted by atomic mass is 32.1. The minimum Gasteiger partial charge on any atom is -0.342 e. The van der Waals surface area contributed by atoms with Gasteiger partial charge in [0.05, 0.1) is 11.9 Å². The van der Waals surface area contributed by atoms with Crippen molar-refractivity contribution in [2.45, 2.75) is 33.2 Å². The maximum Gasteiger partial charge on any atom is 0.191 e. The summed E-state index contributed by atoms with van der Waals surface area (Å²) in [5.74, 6) is 0.514. The first-order valence-corrected chi connectivity index (χ1v) is 9.83. The lowest BCUT2D eigenvalue weighted by Crippen LogP contribution is -2.24. The fourth-order valence-electron chi connectivity index (χ4n) is 2.85. The van der Waals surface area contributed by atoms with E-state index in [1.165, 1.54) is 16.7 Å². The zero-order valence-corrected chi connectivity index (χ0v) is 17.3. The molecular weight excluding hydrogens is 364 g/mol. The number of thiocarbonyl (C=S) groups is 1. The molecule has 0 radical (unpaired) electrons. The molecule has 4 nitrogen and oxygen atoms in total. The second-order valence-electron chi connectivity index (χ2n) is 7.15. The molecule has 3 rings (SSSR count). The predicted octanol–water partition coefficient (Wildman–Crippen LogP) is 5.29. The Labute approximate surface area is 172 Å². The van der Waals surface area contributed by atoms with Crippen LogP contribution in [0.15, 0.2) is 72.0 Å². The van der Waals surface area contributed by atoms with E-state index in [0.717, 1.165) is 17.9 Å². The molecular formula is C23H26N4S. The van der Waals surface area contributed by atoms with Crippen molar-refractivity contribution in [2.75, 3.05) is 5.32 Å². The summed E-state index contributed by atoms with van der Waals surface area (Å²) in [6, 6.07) is 20.9. The van der Waals surface area contributed by atoms with Crippen molar-refractivity contribution in [1.29, 1.82) is 0 Å². The fourth-order valence-corrected chi connectivity index (χ4v) is 3.02. The number of benzene rings is 2. The Morgan fingerprint density at radius 3 is 2.46 bits per heavy atom. The van der Waals surface area contributed by atoms with Crippen LogP contribution in [0.1, 0.15) is 42.1 Å². The van der Waals surface area contributed by atoms with Crippen molar-refractivity contribution < 1.29 is 0 Å². The largest absolute Gasteiger partial charge is 0.342 e. The van der Waals surface area contributed by atoms with Crippen LogP contribution in [-0.4, -0.2) is 15.9 Å². The molecule has 0 spiro atoms. The molecule has 0 fully saturated rings. The Morgan fingerprint density at radius 1 is 1.07 bits per heavy atom. The number of aryl methyl sites for hydroxylation is 1. The molecule has 0 unspecified atom stereocenters. The molecule has 2 N–H and O–H groups in total. The highest BCUT2D eigenvalue weighted by Gasteiger charge is 2.02. The SMILES string of the molecule is Cc1ccc(Cn2cccc2/C=N\NC(=S)Nc2ccc(C(C)C)cc2)cc1. The van der Waals surface area contributed by atoms with Gasteiger partial charge in [0.15, 0.2) is 5.11 Å². The monoisotopic (exact) mass is 390 g/mol. The maximum atomic E-state index is 5.32. The Morgan fingerprint density at radius 2 is 1.79 bits per heavy atom. The predicted molar refractivity (Wildman–Crippen MR) is 122 cm³/mol. The Kier molecular flexibility index (Phi) is 6.61. The summed E-state index contributed by atoms with van der Waals surface area (Å²) in [6.07, 6.45) is 3.83. The first kappa shape index (κ1) is 19.8. The van der Waals surface area contributed by atoms with E-state index in [9.17, 15) is 0 Å². The summed E-state index contributed by atoms with van der Waals surface area (Å²) in [7, 11) is 0. The highest BCUT2D eigenvalue weighted by molar-refractivity contribution is 7.80. The quantitative estimate of drug-likeness (QED) is 0.341. The van der Waals surface area contributed by atoms with Crippen LogP contribution in [0, 0.1) is 6.92 Å². The minimum absolute atomic E-state index is 0.463. The zero-order valence-electron chi connectivity index (χ0n) is 16.5. The van der Waals surface area contributed by atoms with Gasteiger partial charge in [-0.1, -0.05) is 55.8 Å². The summed E-state index contributed by atoms with van der Waals surface area (Å²) in [4.78, 5) is 0. The van der Waals surface area contributed by atoms with Gasteiger partial charge in [-0.25, -0.2) is 0 Å². The van der Waals surface area contributed by atoms with E-state index in [-0.39, 0.29) is 0 Å². The second-order valence-corrected chi connectivity index (χ2v) is 7.56. The average Bonchev–Trinajstić information content (AvgIpc) is 3.11. The second kappa shape index (κ2) is 9.33. The highest BCUT2D eigenvalue weighted by Crippen LogP contribution is 2.17. The van der Waals surface area contributed by atoms with Crippen LogP contribution in [0.3, 0.4) is 0 Å². The number of hydrazone groups is 1. The molecule has 0 amide bonds. The number of nitrogens with one attached hydrogen (secondary N) is 2. The van der Waals surface area contributed by atoms with Gasteiger partial charge in [-0.05, 0) is 60.5 Å². The molecule has 0 aliphatic heterocycles. The minimum atomic E-state index is 0.463. The lowest BCUT2D eigenvalue weighted by Gasteiger charge is -2.10. The fraction of sp³-hybridized carbons (Fsp3) is 0.217. The van der Waals surface area contributed by atoms with E-state index in [1.54, 1.807) is 6.21 Å². The van der Waals surface area contributed by atoms with Gasteiger partial charge in [-0.2, -0.15) is 5.10 Å². The third-order valence-electron chi connectivity index (χ3n) is 4.54. The molecule has 1 heterocycles. The van der Waals surface area contributed by atoms with E-state index in [1.807, 2.05) is 30.5 Å². The molecule has 3 aromatic rings. The van der Waals surface area contributed by atoms with E-state index < -0.39 is 0 Å². The molecule has 0 saturated carbocycles. The van der Waals surface area contributed by atoms with Crippen molar-refractivity contribution in [1.82, 2.24) is 9.99 Å². The van der Waals surface area contributed by atoms with Crippen molar-refractivity contribution in [2.24, 2.45) is 5.10 Å². The first-order chi connectivity index (χ1) is 13.5. The number of nitrogens with zero attached hydrogens (tertiary/aromatic N) is 2. The standard InChI is InChI=1S/C23H26N4S/c1-17(2)20-10-12-21(13-11-20)25-23(28)26-24-15-22-5-4-14-27(22)16-19-8-6-18(3)7-9-19/h4-15,17H,16H2,1-3H3,(H2,25,26,28)/b24-15-. The number of rotatable bonds is 6. The summed E-state index contributed by atoms with van der Waals surface area (Å²) < 4.78 is 2.15. The molecule has 1 aromatic heterocycles. The number of hydrogen-bond acceptors (Lipinski definition) is 2. The summed E-state index contributed by atoms with van der Waals surface area (Å²) in [5.41, 5.74) is 8.66. The summed E-state index contributed by atoms with van der Waals surface area (Å²) in [5, 5.41) is 7.88. The molecule has 144 valence electrons. The van der Waals surface area contributed by atoms with Gasteiger partial charge < -0.3 is 9.88 Å². The van der Waals surface area contributed by atoms with Gasteiger partial charge >= 0.3 is 0 Å². The van der Waals surface area contributed by atoms with Crippen LogP contribution in [-0.2, 0) is 6.54 Å². The Bertz CT molecular complexity index is 937. The van der Waals surface area contributed by atoms with E-state index in [2.05, 4.69) is 77.6 Å². The summed E-state index contributed by atoms with van der Waals surface area (Å²) in [6.45, 7) is 7.26. The van der Waals surface area contributed by atoms with Gasteiger partial charge in [0.2, 0.25) is 0 Å². The number of anilines is 1. The molecule has 5 heteroatoms. The molecule has 2 aromatic carbocycles. The van der Waals surface area contributed by atoms with E-state index in [4.69, 9.17) is 12.2 Å². The van der Waals surface area contributed by atoms with E-state index in [0.29, 0.717) is 11.0 Å². The Balaban J connectivity index is 1.55. The van der Waals surface area contributed by atoms with Crippen LogP contribution in [0.5, 0.6) is 0 Å². The normalized spacial score (nSPS) is 11.1. The van der Waals surface area contributed by atoms with Crippen LogP contribution in [0.4, 0.5) is 5.69 Å². The average molecular weight is 391 g/mol. The molecule has 0 atom stereocenters. The molecule has 28 heavy (non-hydrogen) atoms. The first-order valence-electron chi connectivity index (χ1n) is 9.42. The van der Waals surface area contributed by atoms with Crippen LogP contribution in [0.25, 0.3) is 0 Å². The van der Waals surface area contributed by atoms with Crippen molar-refractivity contribution in [3.63, 3.8) is 0 Å². The maximum absolute atomic E-state index is 5.32. The third kappa shape index (κ3) is 5.54. The molecule has 0 aliphatic carbocycles. The topological polar surface area (TPSA) is 41.4 Å². The van der Waals surface area contributed by atoms with Gasteiger partial charge in [0.1, 0.15) is 0 Å². The van der Waals surface area contributed by atoms with Crippen molar-refractivity contribution >= 4 is 29.2 Å². The number of hydrogen-bond donors (Lipinski definition) is 2. The van der Waals surface area contributed by atoms with Gasteiger partial charge in [-0.3, -0.25) is 5.43 Å². The lowest BCUT2D eigenvalue weighted by atomic mass is 10.0. The van der Waals surface area contributed by atoms with Gasteiger partial charge in [0, 0.05) is 18.4 Å². The third-order valence-corrected chi connectivity index (χ3v) is 4.73. The van der Waals surface area contributed by atoms with Crippen LogP contribution >= 0.6 is 12.2 Å². The zero-order chi connectivity index (χ0) is 19.9. The smallest absolute Gasteiger partial charge is 0.191 e. The molecule has 0 aliphatic rings. The molecule has 0 saturated heterocycles. The lowest BCUT2D eigenvalue weighted by molar-refractivity contribution is 0.798. The van der Waals surface area contributed by atoms with Crippen LogP contribution < -0.4 is 10.7 Å². The van der Waals surface area contributed by atoms with Crippen LogP contribution in [0.2, 0.25) is 0 Å². The Hall–Kier alpha value is -2.92. The van der Waals surface area contributed by atoms with Gasteiger partial charge in [-0.15, -0.1) is 0 Å².